The van der Waals surface area contributed by atoms with Gasteiger partial charge < -0.3 is 10.2 Å². The maximum atomic E-state index is 12.7. The minimum atomic E-state index is -0.168. The summed E-state index contributed by atoms with van der Waals surface area (Å²) in [4.78, 5) is 27.0. The number of aryl methyl sites for hydroxylation is 1. The van der Waals surface area contributed by atoms with E-state index in [-0.39, 0.29) is 11.8 Å². The van der Waals surface area contributed by atoms with Gasteiger partial charge in [-0.25, -0.2) is 0 Å². The quantitative estimate of drug-likeness (QED) is 0.774. The molecular weight excluding hydrogens is 324 g/mol. The van der Waals surface area contributed by atoms with Gasteiger partial charge in [0.25, 0.3) is 11.8 Å². The number of hydrogen-bond acceptors (Lipinski definition) is 2. The van der Waals surface area contributed by atoms with Crippen LogP contribution in [0.15, 0.2) is 48.5 Å². The standard InChI is InChI=1S/C22H28N2O2/c1-4-12-24(13-5-2)22(26)20-11-7-10-19(15-20)21(25)23-16-18-9-6-8-17(3)14-18/h6-11,14-15H,4-5,12-13,16H2,1-3H3,(H,23,25). The van der Waals surface area contributed by atoms with E-state index in [2.05, 4.69) is 19.2 Å². The highest BCUT2D eigenvalue weighted by molar-refractivity contribution is 5.99. The van der Waals surface area contributed by atoms with Crippen molar-refractivity contribution in [3.8, 4) is 0 Å². The predicted octanol–water partition coefficient (Wildman–Crippen LogP) is 4.19. The molecule has 0 aromatic heterocycles. The van der Waals surface area contributed by atoms with Crippen LogP contribution >= 0.6 is 0 Å². The van der Waals surface area contributed by atoms with Crippen LogP contribution in [0.25, 0.3) is 0 Å². The minimum Gasteiger partial charge on any atom is -0.348 e. The molecule has 0 saturated carbocycles. The van der Waals surface area contributed by atoms with Crippen LogP contribution in [0.5, 0.6) is 0 Å². The molecule has 0 saturated heterocycles. The average molecular weight is 352 g/mol. The molecule has 0 unspecified atom stereocenters. The van der Waals surface area contributed by atoms with Crippen LogP contribution in [0, 0.1) is 6.92 Å². The first-order valence-electron chi connectivity index (χ1n) is 9.28. The van der Waals surface area contributed by atoms with Crippen molar-refractivity contribution in [2.24, 2.45) is 0 Å². The van der Waals surface area contributed by atoms with Crippen LogP contribution in [0.2, 0.25) is 0 Å². The molecule has 0 radical (unpaired) electrons. The number of hydrogen-bond donors (Lipinski definition) is 1. The Morgan fingerprint density at radius 3 is 2.23 bits per heavy atom. The first-order valence-corrected chi connectivity index (χ1v) is 9.28. The van der Waals surface area contributed by atoms with E-state index in [1.807, 2.05) is 36.1 Å². The van der Waals surface area contributed by atoms with Crippen molar-refractivity contribution < 1.29 is 9.59 Å². The Kier molecular flexibility index (Phi) is 7.39. The Hall–Kier alpha value is -2.62. The van der Waals surface area contributed by atoms with E-state index in [9.17, 15) is 9.59 Å². The molecule has 0 heterocycles. The van der Waals surface area contributed by atoms with E-state index in [0.717, 1.165) is 37.1 Å². The molecule has 0 bridgehead atoms. The third-order valence-corrected chi connectivity index (χ3v) is 4.18. The fraction of sp³-hybridized carbons (Fsp3) is 0.364. The summed E-state index contributed by atoms with van der Waals surface area (Å²) in [6.45, 7) is 8.08. The van der Waals surface area contributed by atoms with Gasteiger partial charge in [0, 0.05) is 30.8 Å². The molecule has 0 aliphatic carbocycles. The smallest absolute Gasteiger partial charge is 0.253 e. The molecule has 0 spiro atoms. The van der Waals surface area contributed by atoms with Crippen LogP contribution < -0.4 is 5.32 Å². The normalized spacial score (nSPS) is 10.4. The first kappa shape index (κ1) is 19.7. The van der Waals surface area contributed by atoms with Crippen LogP contribution in [-0.2, 0) is 6.54 Å². The van der Waals surface area contributed by atoms with Gasteiger partial charge in [-0.3, -0.25) is 9.59 Å². The Bertz CT molecular complexity index is 749. The Balaban J connectivity index is 2.07. The zero-order valence-electron chi connectivity index (χ0n) is 15.9. The number of carbonyl (C=O) groups is 2. The third kappa shape index (κ3) is 5.45. The van der Waals surface area contributed by atoms with Crippen LogP contribution in [0.1, 0.15) is 58.5 Å². The maximum Gasteiger partial charge on any atom is 0.253 e. The molecule has 138 valence electrons. The number of nitrogens with one attached hydrogen (secondary N) is 1. The summed E-state index contributed by atoms with van der Waals surface area (Å²) < 4.78 is 0. The van der Waals surface area contributed by atoms with Gasteiger partial charge >= 0.3 is 0 Å². The van der Waals surface area contributed by atoms with Crippen LogP contribution in [-0.4, -0.2) is 29.8 Å². The SMILES string of the molecule is CCCN(CCC)C(=O)c1cccc(C(=O)NCc2cccc(C)c2)c1. The lowest BCUT2D eigenvalue weighted by atomic mass is 10.1. The Labute approximate surface area is 156 Å². The van der Waals surface area contributed by atoms with Gasteiger partial charge in [-0.05, 0) is 43.5 Å². The number of nitrogens with zero attached hydrogens (tertiary/aromatic N) is 1. The molecule has 1 N–H and O–H groups in total. The first-order chi connectivity index (χ1) is 12.5. The summed E-state index contributed by atoms with van der Waals surface area (Å²) in [7, 11) is 0. The molecule has 4 heteroatoms. The predicted molar refractivity (Wildman–Crippen MR) is 105 cm³/mol. The van der Waals surface area contributed by atoms with E-state index in [1.165, 1.54) is 0 Å². The zero-order chi connectivity index (χ0) is 18.9. The highest BCUT2D eigenvalue weighted by Gasteiger charge is 2.16. The van der Waals surface area contributed by atoms with Gasteiger partial charge in [0.1, 0.15) is 0 Å². The van der Waals surface area contributed by atoms with Gasteiger partial charge in [0.2, 0.25) is 0 Å². The van der Waals surface area contributed by atoms with Crippen molar-refractivity contribution in [1.82, 2.24) is 10.2 Å². The lowest BCUT2D eigenvalue weighted by molar-refractivity contribution is 0.0755. The van der Waals surface area contributed by atoms with Gasteiger partial charge in [-0.1, -0.05) is 49.7 Å². The van der Waals surface area contributed by atoms with Crippen LogP contribution in [0.4, 0.5) is 0 Å². The van der Waals surface area contributed by atoms with Crippen LogP contribution in [0.3, 0.4) is 0 Å². The van der Waals surface area contributed by atoms with Gasteiger partial charge in [0.15, 0.2) is 0 Å². The minimum absolute atomic E-state index is 0.0120. The lowest BCUT2D eigenvalue weighted by Gasteiger charge is -2.21. The second-order valence-electron chi connectivity index (χ2n) is 6.54. The van der Waals surface area contributed by atoms with Crippen molar-refractivity contribution >= 4 is 11.8 Å². The van der Waals surface area contributed by atoms with E-state index in [4.69, 9.17) is 0 Å². The van der Waals surface area contributed by atoms with Gasteiger partial charge in [-0.2, -0.15) is 0 Å². The molecule has 2 aromatic rings. The summed E-state index contributed by atoms with van der Waals surface area (Å²) in [5.74, 6) is -0.180. The summed E-state index contributed by atoms with van der Waals surface area (Å²) in [6.07, 6.45) is 1.84. The van der Waals surface area contributed by atoms with Crippen molar-refractivity contribution in [2.75, 3.05) is 13.1 Å². The zero-order valence-corrected chi connectivity index (χ0v) is 15.9. The van der Waals surface area contributed by atoms with Gasteiger partial charge in [0.05, 0.1) is 0 Å². The number of carbonyl (C=O) groups excluding carboxylic acids is 2. The molecule has 0 fully saturated rings. The molecule has 26 heavy (non-hydrogen) atoms. The molecule has 0 atom stereocenters. The maximum absolute atomic E-state index is 12.7. The summed E-state index contributed by atoms with van der Waals surface area (Å²) >= 11 is 0. The van der Waals surface area contributed by atoms with E-state index < -0.39 is 0 Å². The highest BCUT2D eigenvalue weighted by atomic mass is 16.2. The average Bonchev–Trinajstić information content (AvgIpc) is 2.65. The number of rotatable bonds is 8. The molecular formula is C22H28N2O2. The molecule has 4 nitrogen and oxygen atoms in total. The second-order valence-corrected chi connectivity index (χ2v) is 6.54. The van der Waals surface area contributed by atoms with Gasteiger partial charge in [-0.15, -0.1) is 0 Å². The van der Waals surface area contributed by atoms with Crippen molar-refractivity contribution in [3.63, 3.8) is 0 Å². The summed E-state index contributed by atoms with van der Waals surface area (Å²) in [5, 5.41) is 2.92. The topological polar surface area (TPSA) is 49.4 Å². The number of amides is 2. The van der Waals surface area contributed by atoms with Crippen molar-refractivity contribution in [2.45, 2.75) is 40.2 Å². The second kappa shape index (κ2) is 9.76. The fourth-order valence-electron chi connectivity index (χ4n) is 2.94. The Morgan fingerprint density at radius 2 is 1.58 bits per heavy atom. The highest BCUT2D eigenvalue weighted by Crippen LogP contribution is 2.11. The molecule has 0 aliphatic heterocycles. The monoisotopic (exact) mass is 352 g/mol. The molecule has 2 rings (SSSR count). The van der Waals surface area contributed by atoms with Crippen molar-refractivity contribution in [1.29, 1.82) is 0 Å². The molecule has 2 amide bonds. The van der Waals surface area contributed by atoms with Crippen molar-refractivity contribution in [3.05, 3.63) is 70.8 Å². The number of benzene rings is 2. The summed E-state index contributed by atoms with van der Waals surface area (Å²) in [6, 6.07) is 15.0. The lowest BCUT2D eigenvalue weighted by Crippen LogP contribution is -2.32. The fourth-order valence-corrected chi connectivity index (χ4v) is 2.94. The van der Waals surface area contributed by atoms with E-state index >= 15 is 0 Å². The van der Waals surface area contributed by atoms with E-state index in [0.29, 0.717) is 17.7 Å². The van der Waals surface area contributed by atoms with E-state index in [1.54, 1.807) is 24.3 Å². The largest absolute Gasteiger partial charge is 0.348 e. The third-order valence-electron chi connectivity index (χ3n) is 4.18. The molecule has 0 aliphatic rings. The molecule has 2 aromatic carbocycles. The summed E-state index contributed by atoms with van der Waals surface area (Å²) in [5.41, 5.74) is 3.30. The Morgan fingerprint density at radius 1 is 0.923 bits per heavy atom.